The fourth-order valence-electron chi connectivity index (χ4n) is 11.7. The van der Waals surface area contributed by atoms with Gasteiger partial charge in [-0.3, -0.25) is 0 Å². The highest BCUT2D eigenvalue weighted by Crippen LogP contribution is 2.77. The van der Waals surface area contributed by atoms with Gasteiger partial charge in [0.25, 0.3) is 0 Å². The zero-order chi connectivity index (χ0) is 24.2. The second-order valence-corrected chi connectivity index (χ2v) is 14.7. The lowest BCUT2D eigenvalue weighted by Crippen LogP contribution is -2.68. The third-order valence-electron chi connectivity index (χ3n) is 13.5. The molecule has 0 aliphatic heterocycles. The molecule has 11 atom stereocenters. The molecule has 5 aliphatic rings. The minimum Gasteiger partial charge on any atom is -0.396 e. The average Bonchev–Trinajstić information content (AvgIpc) is 3.13. The Kier molecular flexibility index (Phi) is 5.40. The maximum atomic E-state index is 11.0. The van der Waals surface area contributed by atoms with Gasteiger partial charge in [-0.2, -0.15) is 0 Å². The van der Waals surface area contributed by atoms with E-state index >= 15 is 0 Å². The van der Waals surface area contributed by atoms with Crippen molar-refractivity contribution in [2.75, 3.05) is 6.61 Å². The Labute approximate surface area is 202 Å². The Morgan fingerprint density at radius 1 is 0.848 bits per heavy atom. The molecule has 0 aromatic rings. The molecule has 0 radical (unpaired) electrons. The molecule has 0 bridgehead atoms. The van der Waals surface area contributed by atoms with E-state index in [0.717, 1.165) is 25.7 Å². The quantitative estimate of drug-likeness (QED) is 0.447. The Morgan fingerprint density at radius 3 is 2.18 bits per heavy atom. The first-order valence-electron chi connectivity index (χ1n) is 13.9. The molecule has 33 heavy (non-hydrogen) atoms. The van der Waals surface area contributed by atoms with Gasteiger partial charge < -0.3 is 15.3 Å². The highest BCUT2D eigenvalue weighted by atomic mass is 16.3. The van der Waals surface area contributed by atoms with Crippen molar-refractivity contribution in [1.29, 1.82) is 0 Å². The van der Waals surface area contributed by atoms with Crippen LogP contribution in [0.4, 0.5) is 0 Å². The largest absolute Gasteiger partial charge is 0.396 e. The van der Waals surface area contributed by atoms with Crippen LogP contribution in [0.5, 0.6) is 0 Å². The lowest BCUT2D eigenvalue weighted by atomic mass is 9.32. The molecule has 0 aromatic carbocycles. The monoisotopic (exact) mass is 458 g/mol. The molecule has 5 saturated carbocycles. The first kappa shape index (κ1) is 24.3. The zero-order valence-corrected chi connectivity index (χ0v) is 22.2. The van der Waals surface area contributed by atoms with Crippen LogP contribution in [-0.4, -0.2) is 34.1 Å². The van der Waals surface area contributed by atoms with Crippen molar-refractivity contribution in [3.8, 4) is 0 Å². The molecule has 3 nitrogen and oxygen atoms in total. The van der Waals surface area contributed by atoms with E-state index in [4.69, 9.17) is 0 Å². The SMILES string of the molecule is C=C(C)C1CCC2(CO)CCC3(C)C(CCC4C5(C)CC(O)C(O)C(C)(C)C5CCC43C)C12. The number of aliphatic hydroxyl groups excluding tert-OH is 3. The van der Waals surface area contributed by atoms with Crippen LogP contribution in [0.3, 0.4) is 0 Å². The van der Waals surface area contributed by atoms with Crippen molar-refractivity contribution in [2.24, 2.45) is 56.7 Å². The molecular weight excluding hydrogens is 408 g/mol. The van der Waals surface area contributed by atoms with Crippen LogP contribution in [0.25, 0.3) is 0 Å². The summed E-state index contributed by atoms with van der Waals surface area (Å²) in [5.74, 6) is 2.81. The second-order valence-electron chi connectivity index (χ2n) is 14.7. The van der Waals surface area contributed by atoms with Gasteiger partial charge in [0, 0.05) is 6.61 Å². The van der Waals surface area contributed by atoms with Gasteiger partial charge in [-0.15, -0.1) is 0 Å². The summed E-state index contributed by atoms with van der Waals surface area (Å²) in [6.45, 7) is 19.1. The van der Waals surface area contributed by atoms with Crippen LogP contribution >= 0.6 is 0 Å². The maximum Gasteiger partial charge on any atom is 0.0852 e. The number of allylic oxidation sites excluding steroid dienone is 1. The first-order chi connectivity index (χ1) is 15.3. The highest BCUT2D eigenvalue weighted by Gasteiger charge is 2.71. The number of aliphatic hydroxyl groups is 3. The van der Waals surface area contributed by atoms with Crippen molar-refractivity contribution in [3.05, 3.63) is 12.2 Å². The summed E-state index contributed by atoms with van der Waals surface area (Å²) in [7, 11) is 0. The molecule has 0 aromatic heterocycles. The third-order valence-corrected chi connectivity index (χ3v) is 13.5. The summed E-state index contributed by atoms with van der Waals surface area (Å²) < 4.78 is 0. The van der Waals surface area contributed by atoms with Gasteiger partial charge >= 0.3 is 0 Å². The summed E-state index contributed by atoms with van der Waals surface area (Å²) in [6, 6.07) is 0. The Bertz CT molecular complexity index is 819. The van der Waals surface area contributed by atoms with Gasteiger partial charge in [0.05, 0.1) is 12.2 Å². The molecular formula is C30H50O3. The number of hydrogen-bond acceptors (Lipinski definition) is 3. The smallest absolute Gasteiger partial charge is 0.0852 e. The van der Waals surface area contributed by atoms with Gasteiger partial charge in [0.1, 0.15) is 0 Å². The van der Waals surface area contributed by atoms with Gasteiger partial charge in [-0.05, 0) is 121 Å². The molecule has 0 saturated heterocycles. The van der Waals surface area contributed by atoms with Crippen LogP contribution in [0, 0.1) is 56.7 Å². The second kappa shape index (κ2) is 7.32. The molecule has 0 spiro atoms. The van der Waals surface area contributed by atoms with Gasteiger partial charge in [0.2, 0.25) is 0 Å². The van der Waals surface area contributed by atoms with E-state index in [0.29, 0.717) is 36.2 Å². The van der Waals surface area contributed by atoms with E-state index in [1.165, 1.54) is 37.7 Å². The van der Waals surface area contributed by atoms with E-state index in [1.54, 1.807) is 0 Å². The minimum atomic E-state index is -0.624. The summed E-state index contributed by atoms with van der Waals surface area (Å²) >= 11 is 0. The van der Waals surface area contributed by atoms with Crippen LogP contribution in [0.1, 0.15) is 99.3 Å². The molecule has 188 valence electrons. The fourth-order valence-corrected chi connectivity index (χ4v) is 11.7. The lowest BCUT2D eigenvalue weighted by Gasteiger charge is -2.73. The van der Waals surface area contributed by atoms with Crippen molar-refractivity contribution in [3.63, 3.8) is 0 Å². The summed E-state index contributed by atoms with van der Waals surface area (Å²) in [5, 5.41) is 32.5. The predicted octanol–water partition coefficient (Wildman–Crippen LogP) is 5.97. The first-order valence-corrected chi connectivity index (χ1v) is 13.9. The van der Waals surface area contributed by atoms with E-state index in [-0.39, 0.29) is 27.1 Å². The lowest BCUT2D eigenvalue weighted by molar-refractivity contribution is -0.264. The number of hydrogen-bond donors (Lipinski definition) is 3. The molecule has 5 aliphatic carbocycles. The standard InChI is InChI=1S/C30H50O3/c1-18(2)19-10-13-30(17-31)15-14-28(6)20(24(19)30)8-9-23-27(5)16-21(32)25(33)26(3,4)22(27)11-12-29(23,28)7/h19-25,31-33H,1,8-17H2,2-7H3. The topological polar surface area (TPSA) is 60.7 Å². The van der Waals surface area contributed by atoms with Gasteiger partial charge in [0.15, 0.2) is 0 Å². The van der Waals surface area contributed by atoms with Crippen LogP contribution in [0.15, 0.2) is 12.2 Å². The summed E-state index contributed by atoms with van der Waals surface area (Å²) in [5.41, 5.74) is 1.75. The summed E-state index contributed by atoms with van der Waals surface area (Å²) in [6.07, 6.45) is 9.09. The molecule has 0 amide bonds. The van der Waals surface area contributed by atoms with Crippen molar-refractivity contribution >= 4 is 0 Å². The number of fused-ring (bicyclic) bond motifs is 7. The van der Waals surface area contributed by atoms with Gasteiger partial charge in [-0.25, -0.2) is 0 Å². The molecule has 5 rings (SSSR count). The zero-order valence-electron chi connectivity index (χ0n) is 22.2. The highest BCUT2D eigenvalue weighted by molar-refractivity contribution is 5.22. The van der Waals surface area contributed by atoms with Crippen LogP contribution in [0.2, 0.25) is 0 Å². The van der Waals surface area contributed by atoms with E-state index < -0.39 is 12.2 Å². The maximum absolute atomic E-state index is 11.0. The van der Waals surface area contributed by atoms with Crippen molar-refractivity contribution in [2.45, 2.75) is 112 Å². The molecule has 5 fully saturated rings. The van der Waals surface area contributed by atoms with E-state index in [1.807, 2.05) is 0 Å². The van der Waals surface area contributed by atoms with Crippen molar-refractivity contribution < 1.29 is 15.3 Å². The summed E-state index contributed by atoms with van der Waals surface area (Å²) in [4.78, 5) is 0. The Balaban J connectivity index is 1.56. The fraction of sp³-hybridized carbons (Fsp3) is 0.933. The molecule has 0 heterocycles. The minimum absolute atomic E-state index is 0.0675. The van der Waals surface area contributed by atoms with Gasteiger partial charge in [-0.1, -0.05) is 46.8 Å². The third kappa shape index (κ3) is 2.85. The van der Waals surface area contributed by atoms with Crippen LogP contribution in [-0.2, 0) is 0 Å². The predicted molar refractivity (Wildman–Crippen MR) is 133 cm³/mol. The normalized spacial score (nSPS) is 57.4. The number of rotatable bonds is 2. The molecule has 11 unspecified atom stereocenters. The Hall–Kier alpha value is -0.380. The van der Waals surface area contributed by atoms with E-state index in [9.17, 15) is 15.3 Å². The molecule has 3 N–H and O–H groups in total. The van der Waals surface area contributed by atoms with Crippen LogP contribution < -0.4 is 0 Å². The van der Waals surface area contributed by atoms with E-state index in [2.05, 4.69) is 48.1 Å². The van der Waals surface area contributed by atoms with Crippen molar-refractivity contribution in [1.82, 2.24) is 0 Å². The average molecular weight is 459 g/mol. The Morgan fingerprint density at radius 2 is 1.55 bits per heavy atom. The molecule has 3 heteroatoms.